The number of halogens is 1. The maximum atomic E-state index is 6.38. The van der Waals surface area contributed by atoms with E-state index in [0.717, 1.165) is 10.7 Å². The summed E-state index contributed by atoms with van der Waals surface area (Å²) in [7, 11) is 0. The van der Waals surface area contributed by atoms with E-state index in [4.69, 9.17) is 11.6 Å². The van der Waals surface area contributed by atoms with E-state index in [-0.39, 0.29) is 0 Å². The molecular weight excluding hydrogens is 278 g/mol. The molecule has 21 heavy (non-hydrogen) atoms. The van der Waals surface area contributed by atoms with Gasteiger partial charge in [0.05, 0.1) is 10.7 Å². The van der Waals surface area contributed by atoms with Crippen molar-refractivity contribution in [3.8, 4) is 0 Å². The van der Waals surface area contributed by atoms with Crippen LogP contribution >= 0.6 is 11.6 Å². The van der Waals surface area contributed by atoms with Gasteiger partial charge in [-0.3, -0.25) is 0 Å². The average molecular weight is 300 g/mol. The van der Waals surface area contributed by atoms with Crippen LogP contribution in [-0.4, -0.2) is 6.04 Å². The molecule has 0 aliphatic heterocycles. The maximum Gasteiger partial charge on any atom is 0.0640 e. The van der Waals surface area contributed by atoms with Crippen molar-refractivity contribution in [2.24, 2.45) is 0 Å². The normalized spacial score (nSPS) is 22.0. The molecule has 1 aliphatic rings. The molecule has 110 valence electrons. The molecule has 2 aromatic rings. The molecule has 1 fully saturated rings. The summed E-state index contributed by atoms with van der Waals surface area (Å²) in [5.74, 6) is 0.581. The fraction of sp³-hybridized carbons (Fsp3) is 0.368. The Morgan fingerprint density at radius 2 is 1.76 bits per heavy atom. The van der Waals surface area contributed by atoms with E-state index in [1.54, 1.807) is 0 Å². The van der Waals surface area contributed by atoms with Gasteiger partial charge < -0.3 is 5.32 Å². The highest BCUT2D eigenvalue weighted by atomic mass is 35.5. The smallest absolute Gasteiger partial charge is 0.0640 e. The summed E-state index contributed by atoms with van der Waals surface area (Å²) in [6.07, 6.45) is 5.08. The van der Waals surface area contributed by atoms with Gasteiger partial charge in [-0.15, -0.1) is 0 Å². The molecule has 0 bridgehead atoms. The predicted molar refractivity (Wildman–Crippen MR) is 91.3 cm³/mol. The molecule has 1 aliphatic carbocycles. The van der Waals surface area contributed by atoms with E-state index >= 15 is 0 Å². The quantitative estimate of drug-likeness (QED) is 0.756. The lowest BCUT2D eigenvalue weighted by molar-refractivity contribution is 0.405. The highest BCUT2D eigenvalue weighted by Crippen LogP contribution is 2.36. The third-order valence-electron chi connectivity index (χ3n) is 4.46. The van der Waals surface area contributed by atoms with Gasteiger partial charge >= 0.3 is 0 Å². The first-order chi connectivity index (χ1) is 10.2. The second-order valence-electron chi connectivity index (χ2n) is 6.04. The van der Waals surface area contributed by atoms with Crippen molar-refractivity contribution in [3.05, 3.63) is 64.7 Å². The number of aryl methyl sites for hydroxylation is 1. The van der Waals surface area contributed by atoms with Gasteiger partial charge in [0.2, 0.25) is 0 Å². The predicted octanol–water partition coefficient (Wildman–Crippen LogP) is 5.79. The summed E-state index contributed by atoms with van der Waals surface area (Å²) < 4.78 is 0. The first kappa shape index (κ1) is 14.5. The maximum absolute atomic E-state index is 6.38. The Hall–Kier alpha value is -1.47. The zero-order chi connectivity index (χ0) is 14.7. The molecule has 2 unspecified atom stereocenters. The zero-order valence-corrected chi connectivity index (χ0v) is 13.2. The summed E-state index contributed by atoms with van der Waals surface area (Å²) in [4.78, 5) is 0. The van der Waals surface area contributed by atoms with Crippen molar-refractivity contribution in [3.63, 3.8) is 0 Å². The largest absolute Gasteiger partial charge is 0.380 e. The second-order valence-corrected chi connectivity index (χ2v) is 6.44. The van der Waals surface area contributed by atoms with Crippen molar-refractivity contribution in [1.29, 1.82) is 0 Å². The van der Waals surface area contributed by atoms with Crippen LogP contribution in [-0.2, 0) is 0 Å². The Labute approximate surface area is 132 Å². The number of hydrogen-bond donors (Lipinski definition) is 1. The molecule has 0 amide bonds. The highest BCUT2D eigenvalue weighted by Gasteiger charge is 2.26. The minimum absolute atomic E-state index is 0.473. The minimum Gasteiger partial charge on any atom is -0.380 e. The molecule has 0 radical (unpaired) electrons. The van der Waals surface area contributed by atoms with Crippen LogP contribution in [0.2, 0.25) is 5.02 Å². The number of anilines is 1. The van der Waals surface area contributed by atoms with Gasteiger partial charge in [-0.25, -0.2) is 0 Å². The molecular formula is C19H22ClN. The van der Waals surface area contributed by atoms with Crippen molar-refractivity contribution in [1.82, 2.24) is 0 Å². The van der Waals surface area contributed by atoms with Gasteiger partial charge in [0.25, 0.3) is 0 Å². The molecule has 1 nitrogen and oxygen atoms in total. The summed E-state index contributed by atoms with van der Waals surface area (Å²) in [6, 6.07) is 17.6. The van der Waals surface area contributed by atoms with Crippen LogP contribution in [0.3, 0.4) is 0 Å². The summed E-state index contributed by atoms with van der Waals surface area (Å²) >= 11 is 6.38. The number of rotatable bonds is 3. The Morgan fingerprint density at radius 1 is 1.00 bits per heavy atom. The van der Waals surface area contributed by atoms with Gasteiger partial charge in [0.15, 0.2) is 0 Å². The Kier molecular flexibility index (Phi) is 4.50. The van der Waals surface area contributed by atoms with Gasteiger partial charge in [-0.1, -0.05) is 60.8 Å². The van der Waals surface area contributed by atoms with Gasteiger partial charge in [0, 0.05) is 12.0 Å². The van der Waals surface area contributed by atoms with Crippen LogP contribution in [0, 0.1) is 6.92 Å². The lowest BCUT2D eigenvalue weighted by atomic mass is 9.80. The number of nitrogens with one attached hydrogen (secondary N) is 1. The summed E-state index contributed by atoms with van der Waals surface area (Å²) in [5.41, 5.74) is 3.71. The Bertz CT molecular complexity index is 594. The van der Waals surface area contributed by atoms with Crippen LogP contribution in [0.25, 0.3) is 0 Å². The monoisotopic (exact) mass is 299 g/mol. The van der Waals surface area contributed by atoms with E-state index in [0.29, 0.717) is 12.0 Å². The Morgan fingerprint density at radius 3 is 2.52 bits per heavy atom. The lowest BCUT2D eigenvalue weighted by Gasteiger charge is -2.33. The van der Waals surface area contributed by atoms with Crippen LogP contribution in [0.5, 0.6) is 0 Å². The molecule has 0 spiro atoms. The van der Waals surface area contributed by atoms with Gasteiger partial charge in [-0.05, 0) is 43.0 Å². The molecule has 2 atom stereocenters. The van der Waals surface area contributed by atoms with E-state index in [9.17, 15) is 0 Å². The van der Waals surface area contributed by atoms with Crippen LogP contribution in [0.15, 0.2) is 48.5 Å². The third-order valence-corrected chi connectivity index (χ3v) is 4.77. The number of hydrogen-bond acceptors (Lipinski definition) is 1. The Balaban J connectivity index is 1.81. The molecule has 1 saturated carbocycles. The minimum atomic E-state index is 0.473. The fourth-order valence-electron chi connectivity index (χ4n) is 3.34. The lowest BCUT2D eigenvalue weighted by Crippen LogP contribution is -2.30. The molecule has 0 saturated heterocycles. The third kappa shape index (κ3) is 3.41. The van der Waals surface area contributed by atoms with E-state index in [2.05, 4.69) is 54.7 Å². The van der Waals surface area contributed by atoms with E-state index in [1.165, 1.54) is 36.8 Å². The second kappa shape index (κ2) is 6.53. The molecule has 1 N–H and O–H groups in total. The molecule has 3 rings (SSSR count). The van der Waals surface area contributed by atoms with Crippen molar-refractivity contribution < 1.29 is 0 Å². The van der Waals surface area contributed by atoms with Crippen LogP contribution < -0.4 is 5.32 Å². The average Bonchev–Trinajstić information content (AvgIpc) is 2.51. The van der Waals surface area contributed by atoms with Crippen LogP contribution in [0.1, 0.15) is 42.7 Å². The van der Waals surface area contributed by atoms with Gasteiger partial charge in [0.1, 0.15) is 0 Å². The standard InChI is InChI=1S/C19H22ClN/c1-14-11-12-19(17(20)13-14)21-18-10-6-5-9-16(18)15-7-3-2-4-8-15/h2-4,7-8,11-13,16,18,21H,5-6,9-10H2,1H3. The topological polar surface area (TPSA) is 12.0 Å². The van der Waals surface area contributed by atoms with E-state index in [1.807, 2.05) is 6.07 Å². The summed E-state index contributed by atoms with van der Waals surface area (Å²) in [6.45, 7) is 2.07. The number of benzene rings is 2. The van der Waals surface area contributed by atoms with E-state index < -0.39 is 0 Å². The molecule has 0 heterocycles. The SMILES string of the molecule is Cc1ccc(NC2CCCCC2c2ccccc2)c(Cl)c1. The first-order valence-corrected chi connectivity index (χ1v) is 8.19. The fourth-order valence-corrected chi connectivity index (χ4v) is 3.63. The zero-order valence-electron chi connectivity index (χ0n) is 12.5. The van der Waals surface area contributed by atoms with Crippen molar-refractivity contribution >= 4 is 17.3 Å². The van der Waals surface area contributed by atoms with Crippen molar-refractivity contribution in [2.75, 3.05) is 5.32 Å². The first-order valence-electron chi connectivity index (χ1n) is 7.81. The highest BCUT2D eigenvalue weighted by molar-refractivity contribution is 6.33. The molecule has 2 aromatic carbocycles. The van der Waals surface area contributed by atoms with Gasteiger partial charge in [-0.2, -0.15) is 0 Å². The van der Waals surface area contributed by atoms with Crippen LogP contribution in [0.4, 0.5) is 5.69 Å². The molecule has 0 aromatic heterocycles. The molecule has 2 heteroatoms. The van der Waals surface area contributed by atoms with Crippen molar-refractivity contribution in [2.45, 2.75) is 44.6 Å². The summed E-state index contributed by atoms with van der Waals surface area (Å²) in [5, 5.41) is 4.52.